The number of nitrogens with one attached hydrogen (secondary N) is 1. The van der Waals surface area contributed by atoms with Gasteiger partial charge in [0.05, 0.1) is 0 Å². The predicted octanol–water partition coefficient (Wildman–Crippen LogP) is 4.24. The van der Waals surface area contributed by atoms with E-state index in [4.69, 9.17) is 12.2 Å². The molecule has 0 radical (unpaired) electrons. The molecule has 0 amide bonds. The van der Waals surface area contributed by atoms with Gasteiger partial charge >= 0.3 is 0 Å². The van der Waals surface area contributed by atoms with Crippen LogP contribution in [0.5, 0.6) is 0 Å². The normalized spacial score (nSPS) is 21.4. The van der Waals surface area contributed by atoms with E-state index in [1.165, 1.54) is 43.5 Å². The third-order valence-corrected chi connectivity index (χ3v) is 4.15. The van der Waals surface area contributed by atoms with Gasteiger partial charge in [0.1, 0.15) is 4.64 Å². The van der Waals surface area contributed by atoms with Crippen molar-refractivity contribution >= 4 is 12.2 Å². The Kier molecular flexibility index (Phi) is 4.57. The number of H-pyrrole nitrogens is 1. The van der Waals surface area contributed by atoms with Crippen molar-refractivity contribution in [3.05, 3.63) is 28.0 Å². The quantitative estimate of drug-likeness (QED) is 0.824. The monoisotopic (exact) mass is 264 g/mol. The molecule has 0 saturated carbocycles. The van der Waals surface area contributed by atoms with Gasteiger partial charge in [-0.2, -0.15) is 0 Å². The molecule has 1 N–H and O–H groups in total. The lowest BCUT2D eigenvalue weighted by atomic mass is 9.95. The second-order valence-corrected chi connectivity index (χ2v) is 6.25. The number of piperidine rings is 1. The highest BCUT2D eigenvalue weighted by Gasteiger charge is 2.24. The van der Waals surface area contributed by atoms with E-state index in [-0.39, 0.29) is 0 Å². The minimum Gasteiger partial charge on any atom is -0.352 e. The summed E-state index contributed by atoms with van der Waals surface area (Å²) in [6.45, 7) is 9.12. The first-order valence-electron chi connectivity index (χ1n) is 7.01. The van der Waals surface area contributed by atoms with Crippen molar-refractivity contribution in [3.63, 3.8) is 0 Å². The fourth-order valence-corrected chi connectivity index (χ4v) is 2.99. The number of hydrogen-bond acceptors (Lipinski definition) is 2. The summed E-state index contributed by atoms with van der Waals surface area (Å²) in [6.07, 6.45) is 6.06. The summed E-state index contributed by atoms with van der Waals surface area (Å²) in [4.78, 5) is 5.87. The summed E-state index contributed by atoms with van der Waals surface area (Å²) < 4.78 is 0.866. The molecule has 2 heterocycles. The van der Waals surface area contributed by atoms with Gasteiger partial charge in [-0.05, 0) is 43.4 Å². The molecule has 1 fully saturated rings. The summed E-state index contributed by atoms with van der Waals surface area (Å²) in [7, 11) is 0. The second kappa shape index (κ2) is 5.98. The Morgan fingerprint density at radius 1 is 1.44 bits per heavy atom. The Hall–Kier alpha value is -0.670. The number of hydrogen-bond donors (Lipinski definition) is 1. The highest BCUT2D eigenvalue weighted by Crippen LogP contribution is 2.31. The van der Waals surface area contributed by atoms with Gasteiger partial charge in [0, 0.05) is 18.8 Å². The Bertz CT molecular complexity index is 450. The summed E-state index contributed by atoms with van der Waals surface area (Å²) in [5, 5.41) is 0. The Balaban J connectivity index is 2.22. The van der Waals surface area contributed by atoms with E-state index in [9.17, 15) is 0 Å². The zero-order valence-electron chi connectivity index (χ0n) is 11.7. The van der Waals surface area contributed by atoms with Crippen molar-refractivity contribution in [1.29, 1.82) is 0 Å². The van der Waals surface area contributed by atoms with Gasteiger partial charge in [0.25, 0.3) is 0 Å². The van der Waals surface area contributed by atoms with Gasteiger partial charge in [-0.15, -0.1) is 0 Å². The molecule has 0 aromatic carbocycles. The lowest BCUT2D eigenvalue weighted by Gasteiger charge is -2.37. The fourth-order valence-electron chi connectivity index (χ4n) is 2.87. The van der Waals surface area contributed by atoms with Crippen LogP contribution in [0.2, 0.25) is 0 Å². The summed E-state index contributed by atoms with van der Waals surface area (Å²) in [6, 6.07) is 2.84. The average molecular weight is 264 g/mol. The maximum atomic E-state index is 5.24. The van der Waals surface area contributed by atoms with Gasteiger partial charge in [-0.3, -0.25) is 4.90 Å². The van der Waals surface area contributed by atoms with Crippen molar-refractivity contribution in [2.45, 2.75) is 46.1 Å². The smallest absolute Gasteiger partial charge is 0.106 e. The van der Waals surface area contributed by atoms with Crippen molar-refractivity contribution in [2.24, 2.45) is 5.92 Å². The maximum Gasteiger partial charge on any atom is 0.106 e. The Morgan fingerprint density at radius 2 is 2.22 bits per heavy atom. The third-order valence-electron chi connectivity index (χ3n) is 3.71. The average Bonchev–Trinajstić information content (AvgIpc) is 2.33. The van der Waals surface area contributed by atoms with Crippen molar-refractivity contribution in [2.75, 3.05) is 13.1 Å². The standard InChI is InChI=1S/C15H24N2S/c1-11(2)10-17-7-5-4-6-14(17)13-8-12(3)15(18)16-9-13/h8-9,11,14H,4-7,10H2,1-3H3,(H,16,18)/t14-/m0/s1. The molecule has 0 aliphatic carbocycles. The topological polar surface area (TPSA) is 19.0 Å². The molecule has 1 aromatic heterocycles. The molecule has 100 valence electrons. The van der Waals surface area contributed by atoms with E-state index < -0.39 is 0 Å². The van der Waals surface area contributed by atoms with E-state index >= 15 is 0 Å². The fraction of sp³-hybridized carbons (Fsp3) is 0.667. The number of likely N-dealkylation sites (tertiary alicyclic amines) is 1. The molecule has 0 unspecified atom stereocenters. The van der Waals surface area contributed by atoms with Gasteiger partial charge < -0.3 is 4.98 Å². The molecule has 1 aliphatic heterocycles. The number of nitrogens with zero attached hydrogens (tertiary/aromatic N) is 1. The van der Waals surface area contributed by atoms with E-state index in [1.807, 2.05) is 0 Å². The molecular formula is C15H24N2S. The van der Waals surface area contributed by atoms with Crippen LogP contribution in [0.1, 0.15) is 50.3 Å². The van der Waals surface area contributed by atoms with Crippen LogP contribution < -0.4 is 0 Å². The van der Waals surface area contributed by atoms with Crippen LogP contribution in [-0.2, 0) is 0 Å². The maximum absolute atomic E-state index is 5.24. The molecule has 1 aliphatic rings. The largest absolute Gasteiger partial charge is 0.352 e. The SMILES string of the molecule is Cc1cc([C@@H]2CCCCN2CC(C)C)c[nH]c1=S. The molecule has 2 nitrogen and oxygen atoms in total. The summed E-state index contributed by atoms with van der Waals surface area (Å²) in [5.74, 6) is 0.730. The molecule has 3 heteroatoms. The molecule has 2 rings (SSSR count). The summed E-state index contributed by atoms with van der Waals surface area (Å²) in [5.41, 5.74) is 2.60. The number of pyridine rings is 1. The minimum absolute atomic E-state index is 0.576. The van der Waals surface area contributed by atoms with E-state index in [1.54, 1.807) is 0 Å². The van der Waals surface area contributed by atoms with E-state index in [0.29, 0.717) is 6.04 Å². The van der Waals surface area contributed by atoms with Gasteiger partial charge in [0.2, 0.25) is 0 Å². The molecule has 0 spiro atoms. The highest BCUT2D eigenvalue weighted by molar-refractivity contribution is 7.71. The molecule has 1 atom stereocenters. The number of rotatable bonds is 3. The van der Waals surface area contributed by atoms with Crippen LogP contribution in [0.25, 0.3) is 0 Å². The molecule has 0 bridgehead atoms. The Labute approximate surface area is 115 Å². The molecule has 1 aromatic rings. The van der Waals surface area contributed by atoms with Crippen LogP contribution in [0.4, 0.5) is 0 Å². The number of aryl methyl sites for hydroxylation is 1. The van der Waals surface area contributed by atoms with Gasteiger partial charge in [0.15, 0.2) is 0 Å². The summed E-state index contributed by atoms with van der Waals surface area (Å²) >= 11 is 5.24. The van der Waals surface area contributed by atoms with Gasteiger partial charge in [-0.25, -0.2) is 0 Å². The van der Waals surface area contributed by atoms with Crippen molar-refractivity contribution in [1.82, 2.24) is 9.88 Å². The first kappa shape index (κ1) is 13.8. The van der Waals surface area contributed by atoms with Crippen LogP contribution in [-0.4, -0.2) is 23.0 Å². The van der Waals surface area contributed by atoms with Crippen molar-refractivity contribution in [3.8, 4) is 0 Å². The minimum atomic E-state index is 0.576. The lowest BCUT2D eigenvalue weighted by molar-refractivity contribution is 0.132. The zero-order valence-corrected chi connectivity index (χ0v) is 12.5. The van der Waals surface area contributed by atoms with Crippen LogP contribution in [0.3, 0.4) is 0 Å². The number of aromatic nitrogens is 1. The number of aromatic amines is 1. The molecule has 18 heavy (non-hydrogen) atoms. The van der Waals surface area contributed by atoms with E-state index in [2.05, 4.69) is 42.9 Å². The Morgan fingerprint density at radius 3 is 2.89 bits per heavy atom. The van der Waals surface area contributed by atoms with Crippen LogP contribution >= 0.6 is 12.2 Å². The second-order valence-electron chi connectivity index (χ2n) is 5.85. The predicted molar refractivity (Wildman–Crippen MR) is 79.4 cm³/mol. The third kappa shape index (κ3) is 3.21. The molecule has 1 saturated heterocycles. The first-order valence-corrected chi connectivity index (χ1v) is 7.42. The first-order chi connectivity index (χ1) is 8.58. The zero-order chi connectivity index (χ0) is 13.1. The van der Waals surface area contributed by atoms with Crippen LogP contribution in [0.15, 0.2) is 12.3 Å². The van der Waals surface area contributed by atoms with Crippen molar-refractivity contribution < 1.29 is 0 Å². The lowest BCUT2D eigenvalue weighted by Crippen LogP contribution is -2.36. The van der Waals surface area contributed by atoms with Gasteiger partial charge in [-0.1, -0.05) is 38.6 Å². The van der Waals surface area contributed by atoms with E-state index in [0.717, 1.165) is 10.6 Å². The highest BCUT2D eigenvalue weighted by atomic mass is 32.1. The van der Waals surface area contributed by atoms with Crippen LogP contribution in [0, 0.1) is 17.5 Å². The molecular weight excluding hydrogens is 240 g/mol.